The molecule has 1 atom stereocenters. The molecule has 0 heterocycles. The van der Waals surface area contributed by atoms with Crippen LogP contribution in [0.1, 0.15) is 15.9 Å². The molecule has 0 aliphatic heterocycles. The van der Waals surface area contributed by atoms with Crippen LogP contribution in [0.25, 0.3) is 0 Å². The normalized spacial score (nSPS) is 12.8. The van der Waals surface area contributed by atoms with Crippen LogP contribution in [0.5, 0.6) is 0 Å². The van der Waals surface area contributed by atoms with Crippen molar-refractivity contribution < 1.29 is 28.0 Å². The molecule has 1 aromatic rings. The van der Waals surface area contributed by atoms with Crippen molar-refractivity contribution in [3.8, 4) is 0 Å². The van der Waals surface area contributed by atoms with Crippen LogP contribution in [0.2, 0.25) is 0 Å². The summed E-state index contributed by atoms with van der Waals surface area (Å²) in [5.74, 6) is -0.930. The minimum Gasteiger partial charge on any atom is -0.382 e. The number of nitrogens with zero attached hydrogens (tertiary/aromatic N) is 1. The zero-order valence-corrected chi connectivity index (χ0v) is 10.3. The zero-order valence-electron chi connectivity index (χ0n) is 10.3. The van der Waals surface area contributed by atoms with Gasteiger partial charge in [-0.15, -0.1) is 0 Å². The van der Waals surface area contributed by atoms with Gasteiger partial charge in [0.05, 0.1) is 11.5 Å². The minimum atomic E-state index is -4.84. The maximum Gasteiger partial charge on any atom is 0.416 e. The summed E-state index contributed by atoms with van der Waals surface area (Å²) in [6.45, 7) is 0.485. The number of aliphatic hydroxyl groups excluding tert-OH is 1. The first-order valence-corrected chi connectivity index (χ1v) is 5.40. The number of halogens is 3. The first-order chi connectivity index (χ1) is 9.11. The lowest BCUT2D eigenvalue weighted by molar-refractivity contribution is -0.384. The summed E-state index contributed by atoms with van der Waals surface area (Å²) < 4.78 is 36.1. The fourth-order valence-electron chi connectivity index (χ4n) is 1.41. The lowest BCUT2D eigenvalue weighted by Gasteiger charge is -2.15. The van der Waals surface area contributed by atoms with Gasteiger partial charge in [0.2, 0.25) is 0 Å². The Bertz CT molecular complexity index is 531. The average Bonchev–Trinajstić information content (AvgIpc) is 2.33. The molecule has 6 nitrogen and oxygen atoms in total. The van der Waals surface area contributed by atoms with E-state index in [4.69, 9.17) is 5.11 Å². The predicted octanol–water partition coefficient (Wildman–Crippen LogP) is 1.56. The largest absolute Gasteiger partial charge is 0.416 e. The van der Waals surface area contributed by atoms with E-state index >= 15 is 0 Å². The number of nitro groups is 1. The van der Waals surface area contributed by atoms with Gasteiger partial charge in [0.25, 0.3) is 11.6 Å². The fraction of sp³-hybridized carbons (Fsp3) is 0.364. The van der Waals surface area contributed by atoms with Crippen LogP contribution in [0.15, 0.2) is 18.2 Å². The molecule has 1 unspecified atom stereocenters. The lowest BCUT2D eigenvalue weighted by atomic mass is 10.1. The standard InChI is InChI=1S/C11H11F3N2O4/c1-6-2-7(4-8(3-6)16(19)20)10(18)15-5-9(17)11(12,13)14/h2-4,9,17H,5H2,1H3,(H,15,18). The summed E-state index contributed by atoms with van der Waals surface area (Å²) in [7, 11) is 0. The van der Waals surface area contributed by atoms with Crippen LogP contribution in [0.3, 0.4) is 0 Å². The summed E-state index contributed by atoms with van der Waals surface area (Å²) >= 11 is 0. The van der Waals surface area contributed by atoms with Gasteiger partial charge in [-0.05, 0) is 18.6 Å². The third kappa shape index (κ3) is 4.19. The number of aliphatic hydroxyl groups is 1. The molecule has 110 valence electrons. The highest BCUT2D eigenvalue weighted by molar-refractivity contribution is 5.95. The number of carbonyl (C=O) groups is 1. The summed E-state index contributed by atoms with van der Waals surface area (Å²) in [4.78, 5) is 21.5. The Morgan fingerprint density at radius 1 is 1.45 bits per heavy atom. The van der Waals surface area contributed by atoms with Gasteiger partial charge in [0, 0.05) is 17.7 Å². The van der Waals surface area contributed by atoms with Gasteiger partial charge in [-0.2, -0.15) is 13.2 Å². The number of aryl methyl sites for hydroxylation is 1. The van der Waals surface area contributed by atoms with Gasteiger partial charge in [-0.25, -0.2) is 0 Å². The third-order valence-corrected chi connectivity index (χ3v) is 2.37. The first kappa shape index (κ1) is 15.9. The molecule has 1 rings (SSSR count). The molecule has 0 spiro atoms. The number of benzene rings is 1. The van der Waals surface area contributed by atoms with Gasteiger partial charge in [0.15, 0.2) is 6.10 Å². The maximum atomic E-state index is 12.0. The van der Waals surface area contributed by atoms with E-state index in [2.05, 4.69) is 0 Å². The van der Waals surface area contributed by atoms with E-state index in [0.717, 1.165) is 6.07 Å². The molecule has 0 bridgehead atoms. The van der Waals surface area contributed by atoms with E-state index in [-0.39, 0.29) is 11.3 Å². The van der Waals surface area contributed by atoms with E-state index in [1.807, 2.05) is 5.32 Å². The number of nitrogens with one attached hydrogen (secondary N) is 1. The molecule has 20 heavy (non-hydrogen) atoms. The molecular weight excluding hydrogens is 281 g/mol. The van der Waals surface area contributed by atoms with Crippen molar-refractivity contribution in [2.45, 2.75) is 19.2 Å². The summed E-state index contributed by atoms with van der Waals surface area (Å²) in [5.41, 5.74) is -0.0710. The molecule has 0 saturated heterocycles. The molecule has 0 aliphatic carbocycles. The number of rotatable bonds is 4. The lowest BCUT2D eigenvalue weighted by Crippen LogP contribution is -2.40. The number of hydrogen-bond donors (Lipinski definition) is 2. The number of amides is 1. The maximum absolute atomic E-state index is 12.0. The summed E-state index contributed by atoms with van der Waals surface area (Å²) in [6, 6.07) is 3.46. The smallest absolute Gasteiger partial charge is 0.382 e. The monoisotopic (exact) mass is 292 g/mol. The van der Waals surface area contributed by atoms with E-state index in [0.29, 0.717) is 5.56 Å². The highest BCUT2D eigenvalue weighted by Gasteiger charge is 2.38. The van der Waals surface area contributed by atoms with Gasteiger partial charge in [0.1, 0.15) is 0 Å². The Morgan fingerprint density at radius 3 is 2.55 bits per heavy atom. The highest BCUT2D eigenvalue weighted by atomic mass is 19.4. The molecular formula is C11H11F3N2O4. The molecule has 0 aromatic heterocycles. The average molecular weight is 292 g/mol. The summed E-state index contributed by atoms with van der Waals surface area (Å²) in [6.07, 6.45) is -7.53. The first-order valence-electron chi connectivity index (χ1n) is 5.40. The molecule has 0 aliphatic rings. The predicted molar refractivity (Wildman–Crippen MR) is 62.2 cm³/mol. The molecule has 0 radical (unpaired) electrons. The molecule has 0 saturated carbocycles. The van der Waals surface area contributed by atoms with Crippen LogP contribution in [-0.4, -0.2) is 34.8 Å². The van der Waals surface area contributed by atoms with Crippen molar-refractivity contribution in [2.75, 3.05) is 6.54 Å². The van der Waals surface area contributed by atoms with Gasteiger partial charge < -0.3 is 10.4 Å². The zero-order chi connectivity index (χ0) is 15.5. The Morgan fingerprint density at radius 2 is 2.05 bits per heavy atom. The van der Waals surface area contributed by atoms with Crippen molar-refractivity contribution in [3.63, 3.8) is 0 Å². The van der Waals surface area contributed by atoms with E-state index in [1.165, 1.54) is 19.1 Å². The van der Waals surface area contributed by atoms with Crippen molar-refractivity contribution in [1.29, 1.82) is 0 Å². The second-order valence-electron chi connectivity index (χ2n) is 4.08. The van der Waals surface area contributed by atoms with Gasteiger partial charge in [-0.3, -0.25) is 14.9 Å². The Hall–Kier alpha value is -2.16. The number of nitro benzene ring substituents is 1. The topological polar surface area (TPSA) is 92.5 Å². The molecule has 1 aromatic carbocycles. The number of carbonyl (C=O) groups excluding carboxylic acids is 1. The Kier molecular flexibility index (Phi) is 4.66. The number of hydrogen-bond acceptors (Lipinski definition) is 4. The second-order valence-corrected chi connectivity index (χ2v) is 4.08. The second kappa shape index (κ2) is 5.87. The van der Waals surface area contributed by atoms with Crippen molar-refractivity contribution in [3.05, 3.63) is 39.4 Å². The number of non-ortho nitro benzene ring substituents is 1. The Balaban J connectivity index is 2.81. The molecule has 9 heteroatoms. The van der Waals surface area contributed by atoms with Gasteiger partial charge >= 0.3 is 6.18 Å². The third-order valence-electron chi connectivity index (χ3n) is 2.37. The van der Waals surface area contributed by atoms with E-state index in [9.17, 15) is 28.1 Å². The van der Waals surface area contributed by atoms with Crippen LogP contribution >= 0.6 is 0 Å². The van der Waals surface area contributed by atoms with Crippen molar-refractivity contribution in [1.82, 2.24) is 5.32 Å². The van der Waals surface area contributed by atoms with Crippen LogP contribution in [-0.2, 0) is 0 Å². The molecule has 0 fully saturated rings. The SMILES string of the molecule is Cc1cc(C(=O)NCC(O)C(F)(F)F)cc([N+](=O)[O-])c1. The van der Waals surface area contributed by atoms with Crippen LogP contribution in [0.4, 0.5) is 18.9 Å². The molecule has 1 amide bonds. The molecule has 2 N–H and O–H groups in total. The van der Waals surface area contributed by atoms with E-state index in [1.54, 1.807) is 0 Å². The Labute approximate surface area is 111 Å². The van der Waals surface area contributed by atoms with E-state index < -0.39 is 29.7 Å². The number of alkyl halides is 3. The van der Waals surface area contributed by atoms with Crippen LogP contribution < -0.4 is 5.32 Å². The van der Waals surface area contributed by atoms with Crippen molar-refractivity contribution in [2.24, 2.45) is 0 Å². The van der Waals surface area contributed by atoms with Crippen LogP contribution in [0, 0.1) is 17.0 Å². The quantitative estimate of drug-likeness (QED) is 0.650. The minimum absolute atomic E-state index is 0.147. The fourth-order valence-corrected chi connectivity index (χ4v) is 1.41. The van der Waals surface area contributed by atoms with Crippen molar-refractivity contribution >= 4 is 11.6 Å². The van der Waals surface area contributed by atoms with Gasteiger partial charge in [-0.1, -0.05) is 0 Å². The highest BCUT2D eigenvalue weighted by Crippen LogP contribution is 2.20. The summed E-state index contributed by atoms with van der Waals surface area (Å²) in [5, 5.41) is 21.2.